The van der Waals surface area contributed by atoms with E-state index in [1.165, 1.54) is 39.2 Å². The average Bonchev–Trinajstić information content (AvgIpc) is 3.26. The van der Waals surface area contributed by atoms with E-state index in [-0.39, 0.29) is 27.9 Å². The van der Waals surface area contributed by atoms with Gasteiger partial charge in [0.25, 0.3) is 0 Å². The fourth-order valence-electron chi connectivity index (χ4n) is 3.95. The van der Waals surface area contributed by atoms with Crippen molar-refractivity contribution < 1.29 is 33.3 Å². The highest BCUT2D eigenvalue weighted by Crippen LogP contribution is 2.34. The van der Waals surface area contributed by atoms with Crippen molar-refractivity contribution in [1.82, 2.24) is 9.38 Å². The molecule has 0 N–H and O–H groups in total. The average molecular weight is 474 g/mol. The standard InChI is InChI=1S/C26H22N2O7/c1-32-19-11-7-5-9-15(19)17-13-18-21(25(30)34-3)22(26(31)35-4)23(28(18)14-27-17)24(29)16-10-6-8-12-20(16)33-2/h5-14H,1-4H3. The summed E-state index contributed by atoms with van der Waals surface area (Å²) in [5, 5.41) is 0. The summed E-state index contributed by atoms with van der Waals surface area (Å²) >= 11 is 0. The predicted molar refractivity (Wildman–Crippen MR) is 126 cm³/mol. The van der Waals surface area contributed by atoms with E-state index in [1.807, 2.05) is 12.1 Å². The van der Waals surface area contributed by atoms with Crippen LogP contribution in [0.25, 0.3) is 16.8 Å². The molecule has 0 aliphatic carbocycles. The molecule has 0 bridgehead atoms. The Bertz CT molecular complexity index is 1460. The summed E-state index contributed by atoms with van der Waals surface area (Å²) in [6.45, 7) is 0. The number of esters is 2. The van der Waals surface area contributed by atoms with Gasteiger partial charge in [-0.05, 0) is 30.3 Å². The van der Waals surface area contributed by atoms with E-state index in [2.05, 4.69) is 4.98 Å². The van der Waals surface area contributed by atoms with Crippen molar-refractivity contribution in [3.05, 3.63) is 83.3 Å². The Morgan fingerprint density at radius 2 is 1.37 bits per heavy atom. The number of hydrogen-bond donors (Lipinski definition) is 0. The lowest BCUT2D eigenvalue weighted by Crippen LogP contribution is -2.15. The van der Waals surface area contributed by atoms with E-state index in [9.17, 15) is 14.4 Å². The second-order valence-corrected chi connectivity index (χ2v) is 7.34. The molecule has 178 valence electrons. The van der Waals surface area contributed by atoms with Gasteiger partial charge in [-0.3, -0.25) is 9.20 Å². The van der Waals surface area contributed by atoms with Crippen LogP contribution in [0.1, 0.15) is 36.8 Å². The zero-order valence-corrected chi connectivity index (χ0v) is 19.5. The van der Waals surface area contributed by atoms with Gasteiger partial charge in [0.2, 0.25) is 5.78 Å². The molecule has 0 unspecified atom stereocenters. The second kappa shape index (κ2) is 9.68. The molecule has 0 atom stereocenters. The molecule has 0 fully saturated rings. The molecule has 4 rings (SSSR count). The van der Waals surface area contributed by atoms with Gasteiger partial charge in [0.15, 0.2) is 0 Å². The van der Waals surface area contributed by atoms with Crippen LogP contribution in [0.5, 0.6) is 11.5 Å². The lowest BCUT2D eigenvalue weighted by molar-refractivity contribution is 0.0556. The number of benzene rings is 2. The summed E-state index contributed by atoms with van der Waals surface area (Å²) in [4.78, 5) is 44.1. The Kier molecular flexibility index (Phi) is 6.50. The molecule has 0 saturated heterocycles. The number of fused-ring (bicyclic) bond motifs is 1. The first-order valence-electron chi connectivity index (χ1n) is 10.5. The third-order valence-corrected chi connectivity index (χ3v) is 5.56. The first-order chi connectivity index (χ1) is 17.0. The summed E-state index contributed by atoms with van der Waals surface area (Å²) in [7, 11) is 5.33. The predicted octanol–water partition coefficient (Wildman–Crippen LogP) is 3.82. The van der Waals surface area contributed by atoms with Gasteiger partial charge in [-0.15, -0.1) is 0 Å². The fourth-order valence-corrected chi connectivity index (χ4v) is 3.95. The summed E-state index contributed by atoms with van der Waals surface area (Å²) in [6.07, 6.45) is 1.37. The summed E-state index contributed by atoms with van der Waals surface area (Å²) in [5.41, 5.74) is 1.12. The molecule has 0 radical (unpaired) electrons. The number of aromatic nitrogens is 2. The van der Waals surface area contributed by atoms with Crippen LogP contribution in [0.15, 0.2) is 60.9 Å². The van der Waals surface area contributed by atoms with Crippen molar-refractivity contribution in [2.45, 2.75) is 0 Å². The van der Waals surface area contributed by atoms with Crippen LogP contribution in [0.2, 0.25) is 0 Å². The van der Waals surface area contributed by atoms with Crippen molar-refractivity contribution in [2.75, 3.05) is 28.4 Å². The van der Waals surface area contributed by atoms with E-state index in [1.54, 1.807) is 42.5 Å². The van der Waals surface area contributed by atoms with E-state index >= 15 is 0 Å². The molecule has 2 aromatic heterocycles. The fraction of sp³-hybridized carbons (Fsp3) is 0.154. The summed E-state index contributed by atoms with van der Waals surface area (Å²) in [5.74, 6) is -1.36. The van der Waals surface area contributed by atoms with Crippen LogP contribution in [-0.2, 0) is 9.47 Å². The molecule has 9 nitrogen and oxygen atoms in total. The maximum atomic E-state index is 13.8. The van der Waals surface area contributed by atoms with Crippen LogP contribution >= 0.6 is 0 Å². The van der Waals surface area contributed by atoms with Gasteiger partial charge in [-0.1, -0.05) is 24.3 Å². The Labute approximate surface area is 200 Å². The van der Waals surface area contributed by atoms with Gasteiger partial charge < -0.3 is 18.9 Å². The molecule has 2 aromatic carbocycles. The first kappa shape index (κ1) is 23.5. The minimum atomic E-state index is -0.869. The highest BCUT2D eigenvalue weighted by atomic mass is 16.5. The monoisotopic (exact) mass is 474 g/mol. The maximum absolute atomic E-state index is 13.8. The van der Waals surface area contributed by atoms with Crippen molar-refractivity contribution in [2.24, 2.45) is 0 Å². The van der Waals surface area contributed by atoms with Gasteiger partial charge in [0.1, 0.15) is 34.6 Å². The molecule has 9 heteroatoms. The molecular weight excluding hydrogens is 452 g/mol. The molecular formula is C26H22N2O7. The minimum Gasteiger partial charge on any atom is -0.496 e. The molecule has 35 heavy (non-hydrogen) atoms. The third-order valence-electron chi connectivity index (χ3n) is 5.56. The lowest BCUT2D eigenvalue weighted by Gasteiger charge is -2.10. The van der Waals surface area contributed by atoms with Crippen molar-refractivity contribution >= 4 is 23.2 Å². The van der Waals surface area contributed by atoms with E-state index in [0.717, 1.165) is 0 Å². The topological polar surface area (TPSA) is 105 Å². The molecule has 0 amide bonds. The smallest absolute Gasteiger partial charge is 0.341 e. The number of hydrogen-bond acceptors (Lipinski definition) is 8. The number of carbonyl (C=O) groups is 3. The van der Waals surface area contributed by atoms with Crippen LogP contribution in [0, 0.1) is 0 Å². The SMILES string of the molecule is COC(=O)c1c(C(=O)OC)c2cc(-c3ccccc3OC)ncn2c1C(=O)c1ccccc1OC. The number of ether oxygens (including phenoxy) is 4. The first-order valence-corrected chi connectivity index (χ1v) is 10.5. The Morgan fingerprint density at radius 1 is 0.771 bits per heavy atom. The second-order valence-electron chi connectivity index (χ2n) is 7.34. The summed E-state index contributed by atoms with van der Waals surface area (Å²) in [6, 6.07) is 15.4. The zero-order chi connectivity index (χ0) is 25.1. The van der Waals surface area contributed by atoms with Crippen molar-refractivity contribution in [1.29, 1.82) is 0 Å². The van der Waals surface area contributed by atoms with Gasteiger partial charge in [0, 0.05) is 5.56 Å². The van der Waals surface area contributed by atoms with Gasteiger partial charge >= 0.3 is 11.9 Å². The highest BCUT2D eigenvalue weighted by molar-refractivity contribution is 6.20. The number of para-hydroxylation sites is 2. The number of carbonyl (C=O) groups excluding carboxylic acids is 3. The quantitative estimate of drug-likeness (QED) is 0.294. The maximum Gasteiger partial charge on any atom is 0.341 e. The highest BCUT2D eigenvalue weighted by Gasteiger charge is 2.34. The van der Waals surface area contributed by atoms with Crippen LogP contribution < -0.4 is 9.47 Å². The van der Waals surface area contributed by atoms with Crippen molar-refractivity contribution in [3.8, 4) is 22.8 Å². The van der Waals surface area contributed by atoms with E-state index in [0.29, 0.717) is 22.8 Å². The van der Waals surface area contributed by atoms with Gasteiger partial charge in [-0.25, -0.2) is 14.6 Å². The van der Waals surface area contributed by atoms with Crippen molar-refractivity contribution in [3.63, 3.8) is 0 Å². The Balaban J connectivity index is 2.08. The number of ketones is 1. The number of rotatable bonds is 7. The molecule has 0 saturated carbocycles. The van der Waals surface area contributed by atoms with E-state index in [4.69, 9.17) is 18.9 Å². The third kappa shape index (κ3) is 3.97. The zero-order valence-electron chi connectivity index (χ0n) is 19.5. The Morgan fingerprint density at radius 3 is 2.03 bits per heavy atom. The van der Waals surface area contributed by atoms with Gasteiger partial charge in [0.05, 0.1) is 45.2 Å². The van der Waals surface area contributed by atoms with Crippen LogP contribution in [-0.4, -0.2) is 55.5 Å². The largest absolute Gasteiger partial charge is 0.496 e. The van der Waals surface area contributed by atoms with Crippen LogP contribution in [0.3, 0.4) is 0 Å². The molecule has 2 heterocycles. The molecule has 0 spiro atoms. The van der Waals surface area contributed by atoms with E-state index < -0.39 is 17.7 Å². The number of methoxy groups -OCH3 is 4. The molecule has 0 aliphatic rings. The molecule has 4 aromatic rings. The van der Waals surface area contributed by atoms with Gasteiger partial charge in [-0.2, -0.15) is 0 Å². The summed E-state index contributed by atoms with van der Waals surface area (Å²) < 4.78 is 22.1. The minimum absolute atomic E-state index is 0.101. The van der Waals surface area contributed by atoms with Crippen LogP contribution in [0.4, 0.5) is 0 Å². The number of nitrogens with zero attached hydrogens (tertiary/aromatic N) is 2. The Hall–Kier alpha value is -4.66. The molecule has 0 aliphatic heterocycles. The normalized spacial score (nSPS) is 10.6. The lowest BCUT2D eigenvalue weighted by atomic mass is 10.0.